The minimum atomic E-state index is -0.924. The van der Waals surface area contributed by atoms with Crippen molar-refractivity contribution >= 4 is 56.6 Å². The summed E-state index contributed by atoms with van der Waals surface area (Å²) in [6.07, 6.45) is 1.55. The summed E-state index contributed by atoms with van der Waals surface area (Å²) < 4.78 is 20.1. The Labute approximate surface area is 266 Å². The molecule has 0 unspecified atom stereocenters. The lowest BCUT2D eigenvalue weighted by Crippen LogP contribution is -2.39. The van der Waals surface area contributed by atoms with Crippen molar-refractivity contribution in [2.45, 2.75) is 19.9 Å². The Bertz CT molecular complexity index is 2160. The van der Waals surface area contributed by atoms with E-state index in [1.165, 1.54) is 22.8 Å². The van der Waals surface area contributed by atoms with E-state index in [2.05, 4.69) is 20.9 Å². The van der Waals surface area contributed by atoms with Crippen molar-refractivity contribution in [2.75, 3.05) is 6.61 Å². The first-order valence-electron chi connectivity index (χ1n) is 13.2. The molecule has 1 atom stereocenters. The maximum Gasteiger partial charge on any atom is 0.338 e. The van der Waals surface area contributed by atoms with Gasteiger partial charge in [0.15, 0.2) is 4.80 Å². The molecule has 10 nitrogen and oxygen atoms in total. The SMILES string of the molecule is CCOC(=O)C1=C(C)N=c2s/c(=C\c3ccc(-c4cc([N+](=O)[O-])ccc4Cl)o3)c(=O)n2[C@@H]1c1ccc(-c2ccc(Br)cc2)o1. The molecule has 0 fully saturated rings. The standard InChI is InChI=1S/C31H21BrClN3O7S/c1-3-41-30(38)27-16(2)34-31-35(28(27)25-13-12-23(43-25)17-4-6-18(32)7-5-17)29(37)26(44-31)15-20-9-11-24(42-20)21-14-19(36(39)40)8-10-22(21)33/h4-15,28H,3H2,1-2H3/b26-15-/t28-/m1/s1. The van der Waals surface area contributed by atoms with Crippen LogP contribution in [-0.2, 0) is 9.53 Å². The van der Waals surface area contributed by atoms with Crippen LogP contribution in [0.15, 0.2) is 101 Å². The molecule has 2 aromatic carbocycles. The molecule has 5 aromatic rings. The van der Waals surface area contributed by atoms with E-state index in [-0.39, 0.29) is 27.4 Å². The van der Waals surface area contributed by atoms with Gasteiger partial charge in [0.1, 0.15) is 29.1 Å². The minimum absolute atomic E-state index is 0.135. The average molecular weight is 695 g/mol. The van der Waals surface area contributed by atoms with Crippen molar-refractivity contribution < 1.29 is 23.3 Å². The molecule has 0 amide bonds. The molecule has 222 valence electrons. The first-order chi connectivity index (χ1) is 21.1. The summed E-state index contributed by atoms with van der Waals surface area (Å²) in [7, 11) is 0. The Balaban J connectivity index is 1.45. The predicted octanol–water partition coefficient (Wildman–Crippen LogP) is 6.64. The van der Waals surface area contributed by atoms with Gasteiger partial charge in [-0.3, -0.25) is 19.5 Å². The third-order valence-electron chi connectivity index (χ3n) is 6.87. The highest BCUT2D eigenvalue weighted by molar-refractivity contribution is 9.10. The van der Waals surface area contributed by atoms with Gasteiger partial charge in [-0.15, -0.1) is 0 Å². The summed E-state index contributed by atoms with van der Waals surface area (Å²) in [5, 5.41) is 11.5. The molecule has 0 saturated carbocycles. The fraction of sp³-hybridized carbons (Fsp3) is 0.129. The molecule has 0 spiro atoms. The predicted molar refractivity (Wildman–Crippen MR) is 168 cm³/mol. The third kappa shape index (κ3) is 5.47. The lowest BCUT2D eigenvalue weighted by molar-refractivity contribution is -0.384. The van der Waals surface area contributed by atoms with Crippen LogP contribution in [0, 0.1) is 10.1 Å². The van der Waals surface area contributed by atoms with Crippen molar-refractivity contribution in [1.82, 2.24) is 4.57 Å². The van der Waals surface area contributed by atoms with Crippen molar-refractivity contribution in [1.29, 1.82) is 0 Å². The quantitative estimate of drug-likeness (QED) is 0.106. The van der Waals surface area contributed by atoms with Crippen LogP contribution in [0.5, 0.6) is 0 Å². The smallest absolute Gasteiger partial charge is 0.338 e. The van der Waals surface area contributed by atoms with Gasteiger partial charge in [-0.1, -0.05) is 51.0 Å². The number of rotatable bonds is 7. The number of aromatic nitrogens is 1. The highest BCUT2D eigenvalue weighted by Gasteiger charge is 2.35. The lowest BCUT2D eigenvalue weighted by Gasteiger charge is -2.22. The second-order valence-electron chi connectivity index (χ2n) is 9.63. The number of benzene rings is 2. The van der Waals surface area contributed by atoms with Gasteiger partial charge in [-0.2, -0.15) is 0 Å². The number of ether oxygens (including phenoxy) is 1. The Kier molecular flexibility index (Phi) is 7.97. The van der Waals surface area contributed by atoms with Crippen LogP contribution in [-0.4, -0.2) is 22.1 Å². The van der Waals surface area contributed by atoms with E-state index in [1.54, 1.807) is 44.2 Å². The van der Waals surface area contributed by atoms with Gasteiger partial charge < -0.3 is 13.6 Å². The monoisotopic (exact) mass is 693 g/mol. The van der Waals surface area contributed by atoms with Crippen LogP contribution in [0.4, 0.5) is 5.69 Å². The number of thiazole rings is 1. The molecule has 0 saturated heterocycles. The van der Waals surface area contributed by atoms with Crippen molar-refractivity contribution in [3.05, 3.63) is 129 Å². The number of allylic oxidation sites excluding steroid dienone is 1. The molecular formula is C31H21BrClN3O7S. The number of fused-ring (bicyclic) bond motifs is 1. The molecule has 0 N–H and O–H groups in total. The number of furan rings is 2. The molecule has 3 aromatic heterocycles. The molecule has 0 bridgehead atoms. The second-order valence-corrected chi connectivity index (χ2v) is 12.0. The highest BCUT2D eigenvalue weighted by Crippen LogP contribution is 2.35. The van der Waals surface area contributed by atoms with E-state index in [1.807, 2.05) is 24.3 Å². The fourth-order valence-corrected chi connectivity index (χ4v) is 6.35. The highest BCUT2D eigenvalue weighted by atomic mass is 79.9. The van der Waals surface area contributed by atoms with Gasteiger partial charge in [-0.05, 0) is 56.3 Å². The Morgan fingerprint density at radius 2 is 1.89 bits per heavy atom. The zero-order chi connectivity index (χ0) is 31.1. The van der Waals surface area contributed by atoms with Gasteiger partial charge in [0.2, 0.25) is 0 Å². The summed E-state index contributed by atoms with van der Waals surface area (Å²) in [5.41, 5.74) is 1.22. The summed E-state index contributed by atoms with van der Waals surface area (Å²) in [6.45, 7) is 3.54. The molecule has 4 heterocycles. The zero-order valence-corrected chi connectivity index (χ0v) is 26.2. The first kappa shape index (κ1) is 29.5. The zero-order valence-electron chi connectivity index (χ0n) is 23.1. The van der Waals surface area contributed by atoms with Gasteiger partial charge in [-0.25, -0.2) is 9.79 Å². The summed E-state index contributed by atoms with van der Waals surface area (Å²) in [6, 6.07) is 17.5. The van der Waals surface area contributed by atoms with E-state index in [0.717, 1.165) is 21.4 Å². The van der Waals surface area contributed by atoms with Crippen LogP contribution in [0.3, 0.4) is 0 Å². The first-order valence-corrected chi connectivity index (χ1v) is 15.2. The topological polar surface area (TPSA) is 130 Å². The van der Waals surface area contributed by atoms with Crippen LogP contribution in [0.25, 0.3) is 28.7 Å². The number of carbonyl (C=O) groups is 1. The molecule has 0 aliphatic carbocycles. The Hall–Kier alpha value is -4.52. The summed E-state index contributed by atoms with van der Waals surface area (Å²) >= 11 is 10.8. The molecule has 44 heavy (non-hydrogen) atoms. The molecule has 1 aliphatic rings. The van der Waals surface area contributed by atoms with Crippen molar-refractivity contribution in [3.63, 3.8) is 0 Å². The number of non-ortho nitro benzene ring substituents is 1. The van der Waals surface area contributed by atoms with Crippen LogP contribution < -0.4 is 14.9 Å². The van der Waals surface area contributed by atoms with E-state index in [0.29, 0.717) is 39.1 Å². The number of nitrogens with zero attached hydrogens (tertiary/aromatic N) is 3. The molecule has 0 radical (unpaired) electrons. The van der Waals surface area contributed by atoms with Crippen LogP contribution >= 0.6 is 38.9 Å². The number of nitro benzene ring substituents is 1. The Morgan fingerprint density at radius 3 is 2.61 bits per heavy atom. The minimum Gasteiger partial charge on any atom is -0.463 e. The summed E-state index contributed by atoms with van der Waals surface area (Å²) in [5.74, 6) is 0.955. The van der Waals surface area contributed by atoms with Gasteiger partial charge in [0, 0.05) is 33.8 Å². The van der Waals surface area contributed by atoms with Crippen LogP contribution in [0.2, 0.25) is 5.02 Å². The maximum absolute atomic E-state index is 13.9. The molecule has 6 rings (SSSR count). The van der Waals surface area contributed by atoms with E-state index in [9.17, 15) is 19.7 Å². The van der Waals surface area contributed by atoms with Gasteiger partial charge >= 0.3 is 5.97 Å². The fourth-order valence-electron chi connectivity index (χ4n) is 4.85. The van der Waals surface area contributed by atoms with E-state index >= 15 is 0 Å². The normalized spacial score (nSPS) is 14.8. The van der Waals surface area contributed by atoms with Crippen molar-refractivity contribution in [2.24, 2.45) is 4.99 Å². The number of nitro groups is 1. The van der Waals surface area contributed by atoms with Gasteiger partial charge in [0.25, 0.3) is 11.2 Å². The number of halogens is 2. The lowest BCUT2D eigenvalue weighted by atomic mass is 10.0. The van der Waals surface area contributed by atoms with Gasteiger partial charge in [0.05, 0.1) is 32.4 Å². The number of hydrogen-bond acceptors (Lipinski definition) is 9. The molecular weight excluding hydrogens is 674 g/mol. The second kappa shape index (κ2) is 11.9. The van der Waals surface area contributed by atoms with E-state index in [4.69, 9.17) is 25.2 Å². The van der Waals surface area contributed by atoms with Crippen LogP contribution in [0.1, 0.15) is 31.4 Å². The summed E-state index contributed by atoms with van der Waals surface area (Å²) in [4.78, 5) is 42.8. The molecule has 13 heteroatoms. The number of carbonyl (C=O) groups excluding carboxylic acids is 1. The van der Waals surface area contributed by atoms with Crippen molar-refractivity contribution in [3.8, 4) is 22.6 Å². The Morgan fingerprint density at radius 1 is 1.14 bits per heavy atom. The average Bonchev–Trinajstić information content (AvgIpc) is 3.73. The van der Waals surface area contributed by atoms with E-state index < -0.39 is 22.5 Å². The largest absolute Gasteiger partial charge is 0.463 e. The number of esters is 1. The molecule has 1 aliphatic heterocycles. The number of hydrogen-bond donors (Lipinski definition) is 0. The third-order valence-corrected chi connectivity index (χ3v) is 8.71. The maximum atomic E-state index is 13.9.